The summed E-state index contributed by atoms with van der Waals surface area (Å²) in [6.45, 7) is 2.10. The van der Waals surface area contributed by atoms with E-state index in [-0.39, 0.29) is 24.4 Å². The van der Waals surface area contributed by atoms with Gasteiger partial charge in [-0.1, -0.05) is 36.9 Å². The first-order chi connectivity index (χ1) is 15.5. The van der Waals surface area contributed by atoms with Crippen molar-refractivity contribution < 1.29 is 9.59 Å². The van der Waals surface area contributed by atoms with E-state index in [9.17, 15) is 9.59 Å². The Hall–Kier alpha value is -2.64. The molecular weight excluding hydrogens is 444 g/mol. The lowest BCUT2D eigenvalue weighted by Gasteiger charge is -2.44. The molecule has 5 rings (SSSR count). The van der Waals surface area contributed by atoms with Crippen LogP contribution in [0.4, 0.5) is 5.69 Å². The summed E-state index contributed by atoms with van der Waals surface area (Å²) in [6.07, 6.45) is 5.41. The van der Waals surface area contributed by atoms with E-state index in [2.05, 4.69) is 10.4 Å². The van der Waals surface area contributed by atoms with Crippen molar-refractivity contribution in [3.05, 3.63) is 58.6 Å². The summed E-state index contributed by atoms with van der Waals surface area (Å²) >= 11 is 7.67. The van der Waals surface area contributed by atoms with Gasteiger partial charge in [-0.2, -0.15) is 5.10 Å². The molecule has 1 N–H and O–H groups in total. The first kappa shape index (κ1) is 21.2. The van der Waals surface area contributed by atoms with Crippen molar-refractivity contribution in [2.24, 2.45) is 0 Å². The maximum atomic E-state index is 13.8. The van der Waals surface area contributed by atoms with Gasteiger partial charge in [-0.15, -0.1) is 11.3 Å². The van der Waals surface area contributed by atoms with E-state index in [1.54, 1.807) is 45.2 Å². The van der Waals surface area contributed by atoms with Gasteiger partial charge in [-0.3, -0.25) is 19.2 Å². The predicted octanol–water partition coefficient (Wildman–Crippen LogP) is 5.13. The third-order valence-corrected chi connectivity index (χ3v) is 7.59. The highest BCUT2D eigenvalue weighted by Gasteiger charge is 2.49. The van der Waals surface area contributed by atoms with Crippen LogP contribution in [-0.2, 0) is 11.3 Å². The number of aromatic nitrogens is 2. The third-order valence-electron chi connectivity index (χ3n) is 6.44. The SMILES string of the molecule is C[C@]1(C(=O)NC2CCCCC2)Cn2nc(-c3cccs3)cc2C(=O)N1c1ccc(Cl)cc1. The van der Waals surface area contributed by atoms with Gasteiger partial charge in [0.1, 0.15) is 16.9 Å². The second-order valence-electron chi connectivity index (χ2n) is 8.75. The Kier molecular flexibility index (Phi) is 5.55. The van der Waals surface area contributed by atoms with Gasteiger partial charge >= 0.3 is 0 Å². The minimum atomic E-state index is -1.12. The molecule has 1 aliphatic heterocycles. The van der Waals surface area contributed by atoms with Crippen molar-refractivity contribution in [1.82, 2.24) is 15.1 Å². The first-order valence-corrected chi connectivity index (χ1v) is 12.2. The van der Waals surface area contributed by atoms with Crippen molar-refractivity contribution in [2.75, 3.05) is 4.90 Å². The molecule has 2 aromatic heterocycles. The number of nitrogens with zero attached hydrogens (tertiary/aromatic N) is 3. The number of rotatable bonds is 4. The van der Waals surface area contributed by atoms with Gasteiger partial charge < -0.3 is 5.32 Å². The summed E-state index contributed by atoms with van der Waals surface area (Å²) in [6, 6.07) is 13.0. The molecule has 8 heteroatoms. The summed E-state index contributed by atoms with van der Waals surface area (Å²) in [7, 11) is 0. The Morgan fingerprint density at radius 3 is 2.62 bits per heavy atom. The first-order valence-electron chi connectivity index (χ1n) is 11.0. The molecule has 166 valence electrons. The van der Waals surface area contributed by atoms with Gasteiger partial charge in [-0.25, -0.2) is 0 Å². The highest BCUT2D eigenvalue weighted by Crippen LogP contribution is 2.35. The van der Waals surface area contributed by atoms with Gasteiger partial charge in [0.25, 0.3) is 5.91 Å². The maximum Gasteiger partial charge on any atom is 0.277 e. The summed E-state index contributed by atoms with van der Waals surface area (Å²) in [5.74, 6) is -0.387. The number of halogens is 1. The van der Waals surface area contributed by atoms with Crippen LogP contribution in [0.15, 0.2) is 47.8 Å². The monoisotopic (exact) mass is 468 g/mol. The number of fused-ring (bicyclic) bond motifs is 1. The molecule has 0 spiro atoms. The van der Waals surface area contributed by atoms with Crippen LogP contribution in [0.1, 0.15) is 49.5 Å². The van der Waals surface area contributed by atoms with Crippen LogP contribution in [0.3, 0.4) is 0 Å². The smallest absolute Gasteiger partial charge is 0.277 e. The van der Waals surface area contributed by atoms with Crippen molar-refractivity contribution >= 4 is 40.4 Å². The van der Waals surface area contributed by atoms with E-state index in [1.165, 1.54) is 6.42 Å². The number of carbonyl (C=O) groups excluding carboxylic acids is 2. The fraction of sp³-hybridized carbons (Fsp3) is 0.375. The second kappa shape index (κ2) is 8.37. The zero-order valence-corrected chi connectivity index (χ0v) is 19.5. The Labute approximate surface area is 196 Å². The standard InChI is InChI=1S/C24H25ClN4O2S/c1-24(23(31)26-17-6-3-2-4-7-17)15-28-20(14-19(27-28)21-8-5-13-32-21)22(30)29(24)18-11-9-16(25)10-12-18/h5,8-14,17H,2-4,6-7,15H2,1H3,(H,26,31)/t24-/m1/s1. The molecule has 2 amide bonds. The number of hydrogen-bond acceptors (Lipinski definition) is 4. The van der Waals surface area contributed by atoms with Crippen LogP contribution in [0.5, 0.6) is 0 Å². The highest BCUT2D eigenvalue weighted by atomic mass is 35.5. The predicted molar refractivity (Wildman–Crippen MR) is 127 cm³/mol. The molecule has 1 atom stereocenters. The molecule has 0 bridgehead atoms. The Morgan fingerprint density at radius 1 is 1.19 bits per heavy atom. The fourth-order valence-electron chi connectivity index (χ4n) is 4.71. The van der Waals surface area contributed by atoms with E-state index in [4.69, 9.17) is 11.6 Å². The molecule has 32 heavy (non-hydrogen) atoms. The molecule has 0 radical (unpaired) electrons. The Bertz CT molecular complexity index is 1140. The molecule has 1 aromatic carbocycles. The van der Waals surface area contributed by atoms with Crippen molar-refractivity contribution in [3.63, 3.8) is 0 Å². The topological polar surface area (TPSA) is 67.2 Å². The minimum Gasteiger partial charge on any atom is -0.351 e. The lowest BCUT2D eigenvalue weighted by atomic mass is 9.91. The number of amides is 2. The van der Waals surface area contributed by atoms with Gasteiger partial charge in [0.05, 0.1) is 11.4 Å². The molecular formula is C24H25ClN4O2S. The van der Waals surface area contributed by atoms with E-state index in [1.807, 2.05) is 30.5 Å². The molecule has 1 aliphatic carbocycles. The molecule has 3 heterocycles. The normalized spacial score (nSPS) is 21.4. The van der Waals surface area contributed by atoms with Gasteiger partial charge in [-0.05, 0) is 61.5 Å². The van der Waals surface area contributed by atoms with Crippen LogP contribution in [-0.4, -0.2) is 33.2 Å². The summed E-state index contributed by atoms with van der Waals surface area (Å²) in [4.78, 5) is 30.0. The van der Waals surface area contributed by atoms with Crippen LogP contribution < -0.4 is 10.2 Å². The molecule has 1 fully saturated rings. The largest absolute Gasteiger partial charge is 0.351 e. The van der Waals surface area contributed by atoms with Crippen LogP contribution in [0.2, 0.25) is 5.02 Å². The van der Waals surface area contributed by atoms with Gasteiger partial charge in [0.2, 0.25) is 5.91 Å². The van der Waals surface area contributed by atoms with E-state index in [0.717, 1.165) is 36.3 Å². The van der Waals surface area contributed by atoms with Gasteiger partial charge in [0.15, 0.2) is 0 Å². The number of thiophene rings is 1. The average Bonchev–Trinajstić information content (AvgIpc) is 3.46. The molecule has 0 unspecified atom stereocenters. The number of anilines is 1. The van der Waals surface area contributed by atoms with Crippen molar-refractivity contribution in [3.8, 4) is 10.6 Å². The molecule has 2 aliphatic rings. The van der Waals surface area contributed by atoms with Crippen LogP contribution >= 0.6 is 22.9 Å². The molecule has 1 saturated carbocycles. The Balaban J connectivity index is 1.55. The van der Waals surface area contributed by atoms with Crippen LogP contribution in [0, 0.1) is 0 Å². The number of benzene rings is 1. The maximum absolute atomic E-state index is 13.8. The zero-order valence-electron chi connectivity index (χ0n) is 17.9. The highest BCUT2D eigenvalue weighted by molar-refractivity contribution is 7.13. The van der Waals surface area contributed by atoms with E-state index >= 15 is 0 Å². The lowest BCUT2D eigenvalue weighted by molar-refractivity contribution is -0.127. The van der Waals surface area contributed by atoms with E-state index < -0.39 is 5.54 Å². The zero-order chi connectivity index (χ0) is 22.3. The van der Waals surface area contributed by atoms with Crippen molar-refractivity contribution in [2.45, 2.75) is 57.2 Å². The summed E-state index contributed by atoms with van der Waals surface area (Å²) < 4.78 is 1.68. The third kappa shape index (κ3) is 3.73. The summed E-state index contributed by atoms with van der Waals surface area (Å²) in [5, 5.41) is 10.5. The minimum absolute atomic E-state index is 0.147. The second-order valence-corrected chi connectivity index (χ2v) is 10.1. The average molecular weight is 469 g/mol. The lowest BCUT2D eigenvalue weighted by Crippen LogP contribution is -2.65. The summed E-state index contributed by atoms with van der Waals surface area (Å²) in [5.41, 5.74) is 0.752. The fourth-order valence-corrected chi connectivity index (χ4v) is 5.52. The number of nitrogens with one attached hydrogen (secondary N) is 1. The Morgan fingerprint density at radius 2 is 1.94 bits per heavy atom. The van der Waals surface area contributed by atoms with E-state index in [0.29, 0.717) is 16.4 Å². The molecule has 3 aromatic rings. The van der Waals surface area contributed by atoms with Crippen LogP contribution in [0.25, 0.3) is 10.6 Å². The number of hydrogen-bond donors (Lipinski definition) is 1. The number of carbonyl (C=O) groups is 2. The molecule has 0 saturated heterocycles. The molecule has 6 nitrogen and oxygen atoms in total. The van der Waals surface area contributed by atoms with Gasteiger partial charge in [0, 0.05) is 16.8 Å². The van der Waals surface area contributed by atoms with Crippen molar-refractivity contribution in [1.29, 1.82) is 0 Å². The quantitative estimate of drug-likeness (QED) is 0.577.